The van der Waals surface area contributed by atoms with E-state index in [4.69, 9.17) is 13.9 Å². The van der Waals surface area contributed by atoms with Crippen LogP contribution in [0.1, 0.15) is 78.9 Å². The summed E-state index contributed by atoms with van der Waals surface area (Å²) < 4.78 is 17.6. The van der Waals surface area contributed by atoms with Crippen molar-refractivity contribution in [1.29, 1.82) is 0 Å². The van der Waals surface area contributed by atoms with Gasteiger partial charge in [-0.1, -0.05) is 25.5 Å². The van der Waals surface area contributed by atoms with Gasteiger partial charge >= 0.3 is 0 Å². The Morgan fingerprint density at radius 1 is 1.00 bits per heavy atom. The van der Waals surface area contributed by atoms with Gasteiger partial charge in [-0.25, -0.2) is 0 Å². The van der Waals surface area contributed by atoms with E-state index < -0.39 is 6.04 Å². The molecular weight excluding hydrogens is 442 g/mol. The van der Waals surface area contributed by atoms with E-state index in [2.05, 4.69) is 6.92 Å². The van der Waals surface area contributed by atoms with E-state index in [0.717, 1.165) is 35.3 Å². The number of nitrogens with zero attached hydrogens (tertiary/aromatic N) is 1. The molecule has 0 radical (unpaired) electrons. The molecule has 1 unspecified atom stereocenters. The maximum absolute atomic E-state index is 13.7. The first-order valence-electron chi connectivity index (χ1n) is 12.5. The van der Waals surface area contributed by atoms with Crippen molar-refractivity contribution in [3.63, 3.8) is 0 Å². The molecule has 0 fully saturated rings. The van der Waals surface area contributed by atoms with Crippen molar-refractivity contribution in [3.05, 3.63) is 74.6 Å². The van der Waals surface area contributed by atoms with Crippen molar-refractivity contribution < 1.29 is 18.7 Å². The van der Waals surface area contributed by atoms with Crippen LogP contribution in [0.2, 0.25) is 0 Å². The molecule has 35 heavy (non-hydrogen) atoms. The first-order valence-corrected chi connectivity index (χ1v) is 12.5. The highest BCUT2D eigenvalue weighted by Crippen LogP contribution is 2.39. The third-order valence-corrected chi connectivity index (χ3v) is 6.54. The molecule has 1 aromatic heterocycles. The van der Waals surface area contributed by atoms with Crippen molar-refractivity contribution in [2.24, 2.45) is 0 Å². The molecule has 1 aliphatic heterocycles. The summed E-state index contributed by atoms with van der Waals surface area (Å²) >= 11 is 0. The number of aryl methyl sites for hydroxylation is 2. The van der Waals surface area contributed by atoms with Crippen molar-refractivity contribution in [1.82, 2.24) is 4.90 Å². The second-order valence-corrected chi connectivity index (χ2v) is 9.55. The van der Waals surface area contributed by atoms with Gasteiger partial charge in [-0.05, 0) is 81.5 Å². The SMILES string of the molecule is CCCCOc1ccc(C2c3c(oc4cc(C)c(C)cc4c3=O)C(=O)N2CCCOC(C)C)cc1. The van der Waals surface area contributed by atoms with Gasteiger partial charge in [0.15, 0.2) is 5.43 Å². The number of benzene rings is 2. The smallest absolute Gasteiger partial charge is 0.290 e. The minimum atomic E-state index is -0.511. The van der Waals surface area contributed by atoms with E-state index in [1.807, 2.05) is 64.1 Å². The lowest BCUT2D eigenvalue weighted by atomic mass is 9.97. The van der Waals surface area contributed by atoms with Crippen LogP contribution in [0, 0.1) is 13.8 Å². The normalized spacial score (nSPS) is 15.3. The summed E-state index contributed by atoms with van der Waals surface area (Å²) in [5, 5.41) is 0.508. The van der Waals surface area contributed by atoms with Gasteiger partial charge in [0.05, 0.1) is 29.7 Å². The molecule has 186 valence electrons. The largest absolute Gasteiger partial charge is 0.494 e. The molecule has 0 spiro atoms. The van der Waals surface area contributed by atoms with Crippen molar-refractivity contribution in [3.8, 4) is 5.75 Å². The van der Waals surface area contributed by atoms with Crippen molar-refractivity contribution in [2.75, 3.05) is 19.8 Å². The number of rotatable bonds is 10. The summed E-state index contributed by atoms with van der Waals surface area (Å²) in [5.74, 6) is 0.666. The Hall–Kier alpha value is -3.12. The third kappa shape index (κ3) is 5.13. The highest BCUT2D eigenvalue weighted by atomic mass is 16.5. The van der Waals surface area contributed by atoms with Crippen LogP contribution in [0.5, 0.6) is 5.75 Å². The third-order valence-electron chi connectivity index (χ3n) is 6.54. The highest BCUT2D eigenvalue weighted by molar-refractivity contribution is 5.99. The molecule has 3 aromatic rings. The van der Waals surface area contributed by atoms with Crippen LogP contribution in [0.4, 0.5) is 0 Å². The molecule has 0 bridgehead atoms. The molecule has 0 saturated heterocycles. The predicted octanol–water partition coefficient (Wildman–Crippen LogP) is 5.95. The maximum atomic E-state index is 13.7. The molecular formula is C29H35NO5. The minimum Gasteiger partial charge on any atom is -0.494 e. The Bertz CT molecular complexity index is 1260. The van der Waals surface area contributed by atoms with Crippen LogP contribution in [0.15, 0.2) is 45.6 Å². The zero-order chi connectivity index (χ0) is 25.1. The van der Waals surface area contributed by atoms with E-state index in [9.17, 15) is 9.59 Å². The van der Waals surface area contributed by atoms with Gasteiger partial charge in [0.25, 0.3) is 5.91 Å². The van der Waals surface area contributed by atoms with Crippen LogP contribution < -0.4 is 10.2 Å². The summed E-state index contributed by atoms with van der Waals surface area (Å²) in [5.41, 5.74) is 3.61. The fourth-order valence-corrected chi connectivity index (χ4v) is 4.49. The topological polar surface area (TPSA) is 69.0 Å². The monoisotopic (exact) mass is 477 g/mol. The molecule has 2 heterocycles. The molecule has 1 aliphatic rings. The zero-order valence-electron chi connectivity index (χ0n) is 21.3. The molecule has 6 nitrogen and oxygen atoms in total. The molecule has 4 rings (SSSR count). The summed E-state index contributed by atoms with van der Waals surface area (Å²) in [6.07, 6.45) is 2.85. The van der Waals surface area contributed by atoms with Crippen LogP contribution in [0.25, 0.3) is 11.0 Å². The predicted molar refractivity (Wildman–Crippen MR) is 137 cm³/mol. The van der Waals surface area contributed by atoms with Gasteiger partial charge < -0.3 is 18.8 Å². The molecule has 0 aliphatic carbocycles. The highest BCUT2D eigenvalue weighted by Gasteiger charge is 2.42. The van der Waals surface area contributed by atoms with Crippen LogP contribution in [-0.2, 0) is 4.74 Å². The zero-order valence-corrected chi connectivity index (χ0v) is 21.3. The average molecular weight is 478 g/mol. The number of hydrogen-bond acceptors (Lipinski definition) is 5. The van der Waals surface area contributed by atoms with E-state index >= 15 is 0 Å². The molecule has 6 heteroatoms. The fourth-order valence-electron chi connectivity index (χ4n) is 4.49. The number of hydrogen-bond donors (Lipinski definition) is 0. The van der Waals surface area contributed by atoms with Gasteiger partial charge in [0.1, 0.15) is 11.3 Å². The van der Waals surface area contributed by atoms with Gasteiger partial charge in [0, 0.05) is 13.2 Å². The van der Waals surface area contributed by atoms with E-state index in [-0.39, 0.29) is 23.2 Å². The van der Waals surface area contributed by atoms with E-state index in [1.54, 1.807) is 4.90 Å². The van der Waals surface area contributed by atoms with Gasteiger partial charge in [0.2, 0.25) is 5.76 Å². The molecule has 2 aromatic carbocycles. The molecule has 1 atom stereocenters. The number of fused-ring (bicyclic) bond motifs is 2. The molecule has 0 N–H and O–H groups in total. The number of carbonyl (C=O) groups is 1. The van der Waals surface area contributed by atoms with Crippen LogP contribution in [0.3, 0.4) is 0 Å². The van der Waals surface area contributed by atoms with Gasteiger partial charge in [-0.3, -0.25) is 9.59 Å². The standard InChI is InChI=1S/C29H35NO5/c1-6-7-14-34-22-11-9-21(10-12-22)26-25-27(31)23-16-19(4)20(5)17-24(23)35-28(25)29(32)30(26)13-8-15-33-18(2)3/h9-12,16-18,26H,6-8,13-15H2,1-5H3. The average Bonchev–Trinajstić information content (AvgIpc) is 3.10. The van der Waals surface area contributed by atoms with Gasteiger partial charge in [-0.2, -0.15) is 0 Å². The second-order valence-electron chi connectivity index (χ2n) is 9.55. The van der Waals surface area contributed by atoms with Crippen molar-refractivity contribution in [2.45, 2.75) is 66.0 Å². The lowest BCUT2D eigenvalue weighted by molar-refractivity contribution is 0.0593. The molecule has 0 saturated carbocycles. The Labute approximate surface area is 206 Å². The Kier molecular flexibility index (Phi) is 7.60. The summed E-state index contributed by atoms with van der Waals surface area (Å²) in [4.78, 5) is 29.0. The number of amides is 1. The molecule has 1 amide bonds. The Balaban J connectivity index is 1.75. The first-order chi connectivity index (χ1) is 16.8. The number of carbonyl (C=O) groups excluding carboxylic acids is 1. The fraction of sp³-hybridized carbons (Fsp3) is 0.448. The van der Waals surface area contributed by atoms with E-state index in [0.29, 0.717) is 42.7 Å². The van der Waals surface area contributed by atoms with Crippen molar-refractivity contribution >= 4 is 16.9 Å². The van der Waals surface area contributed by atoms with E-state index in [1.165, 1.54) is 0 Å². The van der Waals surface area contributed by atoms with Crippen LogP contribution >= 0.6 is 0 Å². The Morgan fingerprint density at radius 2 is 1.71 bits per heavy atom. The Morgan fingerprint density at radius 3 is 2.40 bits per heavy atom. The minimum absolute atomic E-state index is 0.123. The maximum Gasteiger partial charge on any atom is 0.290 e. The lowest BCUT2D eigenvalue weighted by Crippen LogP contribution is -2.31. The second kappa shape index (κ2) is 10.6. The summed E-state index contributed by atoms with van der Waals surface area (Å²) in [7, 11) is 0. The number of ether oxygens (including phenoxy) is 2. The lowest BCUT2D eigenvalue weighted by Gasteiger charge is -2.25. The summed E-state index contributed by atoms with van der Waals surface area (Å²) in [6, 6.07) is 10.9. The van der Waals surface area contributed by atoms with Crippen LogP contribution in [-0.4, -0.2) is 36.7 Å². The summed E-state index contributed by atoms with van der Waals surface area (Å²) in [6.45, 7) is 11.7. The first kappa shape index (κ1) is 25.0. The number of unbranched alkanes of at least 4 members (excludes halogenated alkanes) is 1. The quantitative estimate of drug-likeness (QED) is 0.338. The van der Waals surface area contributed by atoms with Gasteiger partial charge in [-0.15, -0.1) is 0 Å².